The predicted molar refractivity (Wildman–Crippen MR) is 267 cm³/mol. The molecule has 0 amide bonds. The molecule has 0 aliphatic rings. The molecule has 0 saturated carbocycles. The maximum absolute atomic E-state index is 8.06. The average Bonchev–Trinajstić information content (AvgIpc) is 3.30. The van der Waals surface area contributed by atoms with E-state index in [9.17, 15) is 0 Å². The average molecular weight is 838 g/mol. The summed E-state index contributed by atoms with van der Waals surface area (Å²) in [5, 5.41) is 5.59. The highest BCUT2D eigenvalue weighted by molar-refractivity contribution is 7.19. The fourth-order valence-corrected chi connectivity index (χ4v) is 14.0. The van der Waals surface area contributed by atoms with Crippen LogP contribution in [0.5, 0.6) is 0 Å². The van der Waals surface area contributed by atoms with Crippen LogP contribution in [-0.2, 0) is 5.41 Å². The maximum atomic E-state index is 8.06. The zero-order valence-electron chi connectivity index (χ0n) is 41.7. The van der Waals surface area contributed by atoms with Gasteiger partial charge in [-0.15, -0.1) is 0 Å². The van der Waals surface area contributed by atoms with Crippen LogP contribution in [0.1, 0.15) is 62.4 Å². The van der Waals surface area contributed by atoms with Crippen molar-refractivity contribution in [2.45, 2.75) is 60.7 Å². The number of nitrogens with zero attached hydrogens (tertiary/aromatic N) is 2. The van der Waals surface area contributed by atoms with Crippen molar-refractivity contribution in [2.24, 2.45) is 0 Å². The molecular formula is C57H55ClN2Si. The summed E-state index contributed by atoms with van der Waals surface area (Å²) in [5.74, 6) is 0. The lowest BCUT2D eigenvalue weighted by Gasteiger charge is -2.37. The van der Waals surface area contributed by atoms with E-state index in [1.54, 1.807) is 48.5 Å². The largest absolute Gasteiger partial charge is 0.309 e. The lowest BCUT2D eigenvalue weighted by Crippen LogP contribution is -2.74. The smallest absolute Gasteiger partial charge is 0.179 e. The maximum Gasteiger partial charge on any atom is 0.179 e. The molecule has 2 nitrogen and oxygen atoms in total. The Balaban J connectivity index is 1.39. The van der Waals surface area contributed by atoms with Gasteiger partial charge in [0.05, 0.1) is 22.1 Å². The van der Waals surface area contributed by atoms with E-state index in [-0.39, 0.29) is 16.5 Å². The van der Waals surface area contributed by atoms with Crippen LogP contribution in [0.2, 0.25) is 5.02 Å². The van der Waals surface area contributed by atoms with Crippen molar-refractivity contribution in [3.05, 3.63) is 226 Å². The number of aryl methyl sites for hydroxylation is 5. The Bertz CT molecular complexity index is 2810. The van der Waals surface area contributed by atoms with Gasteiger partial charge in [0.1, 0.15) is 0 Å². The second-order valence-corrected chi connectivity index (χ2v) is 21.2. The molecule has 304 valence electrons. The van der Waals surface area contributed by atoms with Crippen molar-refractivity contribution in [3.63, 3.8) is 0 Å². The minimum atomic E-state index is -2.88. The second kappa shape index (κ2) is 17.1. The Morgan fingerprint density at radius 2 is 0.820 bits per heavy atom. The summed E-state index contributed by atoms with van der Waals surface area (Å²) in [6.07, 6.45) is 0. The van der Waals surface area contributed by atoms with Crippen LogP contribution < -0.4 is 30.5 Å². The first-order valence-electron chi connectivity index (χ1n) is 23.8. The molecule has 0 spiro atoms. The third-order valence-electron chi connectivity index (χ3n) is 11.7. The van der Waals surface area contributed by atoms with Gasteiger partial charge in [-0.25, -0.2) is 0 Å². The van der Waals surface area contributed by atoms with Crippen LogP contribution in [0.4, 0.5) is 34.1 Å². The molecule has 4 heteroatoms. The first-order chi connectivity index (χ1) is 31.8. The highest BCUT2D eigenvalue weighted by atomic mass is 35.5. The van der Waals surface area contributed by atoms with Crippen LogP contribution >= 0.6 is 11.6 Å². The van der Waals surface area contributed by atoms with Gasteiger partial charge in [0.15, 0.2) is 8.07 Å². The topological polar surface area (TPSA) is 6.48 Å². The zero-order valence-corrected chi connectivity index (χ0v) is 37.4. The number of hydrogen-bond donors (Lipinski definition) is 0. The van der Waals surface area contributed by atoms with E-state index in [1.165, 1.54) is 26.3 Å². The van der Waals surface area contributed by atoms with E-state index < -0.39 is 21.8 Å². The molecule has 0 aromatic heterocycles. The SMILES string of the molecule is [2H]C([2H])([2H])c1ccc(N(c2ccc(C([2H])([2H])[2H])cc2)c2cc(C)cc(N(c3ccc(C(C)(C)C)cc3)c3c(C)cc([Si](c4ccccc4)(c4ccccc4)c4ccccc4)cc3C)c2Cl)cc1. The van der Waals surface area contributed by atoms with Gasteiger partial charge in [0.25, 0.3) is 0 Å². The monoisotopic (exact) mass is 836 g/mol. The summed E-state index contributed by atoms with van der Waals surface area (Å²) < 4.78 is 48.4. The molecule has 0 aliphatic carbocycles. The van der Waals surface area contributed by atoms with E-state index in [0.717, 1.165) is 33.8 Å². The fourth-order valence-electron chi connectivity index (χ4n) is 8.79. The Morgan fingerprint density at radius 1 is 0.443 bits per heavy atom. The zero-order chi connectivity index (χ0) is 47.9. The Labute approximate surface area is 378 Å². The molecule has 61 heavy (non-hydrogen) atoms. The Kier molecular flexibility index (Phi) is 9.68. The predicted octanol–water partition coefficient (Wildman–Crippen LogP) is 13.5. The standard InChI is InChI=1S/C57H55ClN2Si/c1-40-24-30-46(31-25-40)59(47-32-26-41(2)27-33-47)53-36-42(3)37-54(55(53)58)60(48-34-28-45(29-35-48)57(6,7)8)56-43(4)38-52(39-44(56)5)61(49-18-12-9-13-19-49,50-20-14-10-15-21-50)51-22-16-11-17-23-51/h9-39H,1-8H3/i1D3,2D3. The second-order valence-electron chi connectivity index (χ2n) is 17.0. The number of halogens is 1. The number of anilines is 6. The van der Waals surface area contributed by atoms with Crippen LogP contribution in [-0.4, -0.2) is 8.07 Å². The number of rotatable bonds is 10. The fraction of sp³-hybridized carbons (Fsp3) is 0.158. The first kappa shape index (κ1) is 34.6. The van der Waals surface area contributed by atoms with E-state index in [4.69, 9.17) is 19.8 Å². The summed E-state index contributed by atoms with van der Waals surface area (Å²) in [5.41, 5.74) is 9.28. The number of benzene rings is 8. The van der Waals surface area contributed by atoms with Crippen molar-refractivity contribution < 1.29 is 8.22 Å². The quantitative estimate of drug-likeness (QED) is 0.100. The summed E-state index contributed by atoms with van der Waals surface area (Å²) in [7, 11) is -2.88. The number of hydrogen-bond acceptors (Lipinski definition) is 2. The Hall–Kier alpha value is -6.13. The molecule has 0 bridgehead atoms. The molecule has 8 aromatic rings. The lowest BCUT2D eigenvalue weighted by atomic mass is 9.87. The molecule has 8 aromatic carbocycles. The Morgan fingerprint density at radius 3 is 1.21 bits per heavy atom. The van der Waals surface area contributed by atoms with Crippen molar-refractivity contribution in [1.29, 1.82) is 0 Å². The summed E-state index contributed by atoms with van der Waals surface area (Å²) >= 11 is 7.87. The van der Waals surface area contributed by atoms with Gasteiger partial charge in [0, 0.05) is 25.3 Å². The summed E-state index contributed by atoms with van der Waals surface area (Å²) in [6, 6.07) is 63.9. The molecule has 8 rings (SSSR count). The van der Waals surface area contributed by atoms with Crippen molar-refractivity contribution in [1.82, 2.24) is 0 Å². The summed E-state index contributed by atoms with van der Waals surface area (Å²) in [6.45, 7) is 8.47. The third-order valence-corrected chi connectivity index (χ3v) is 16.8. The van der Waals surface area contributed by atoms with Gasteiger partial charge < -0.3 is 9.80 Å². The molecule has 0 heterocycles. The van der Waals surface area contributed by atoms with Gasteiger partial charge in [0.2, 0.25) is 0 Å². The van der Waals surface area contributed by atoms with Crippen LogP contribution in [0.3, 0.4) is 0 Å². The highest BCUT2D eigenvalue weighted by Crippen LogP contribution is 2.49. The normalized spacial score (nSPS) is 13.6. The third kappa shape index (κ3) is 8.09. The van der Waals surface area contributed by atoms with Crippen molar-refractivity contribution in [2.75, 3.05) is 9.80 Å². The van der Waals surface area contributed by atoms with Gasteiger partial charge in [-0.1, -0.05) is 183 Å². The molecule has 0 aliphatic heterocycles. The molecule has 0 atom stereocenters. The first-order valence-corrected chi connectivity index (χ1v) is 23.2. The minimum absolute atomic E-state index is 0.0734. The van der Waals surface area contributed by atoms with E-state index in [2.05, 4.69) is 173 Å². The van der Waals surface area contributed by atoms with Crippen molar-refractivity contribution >= 4 is 74.5 Å². The van der Waals surface area contributed by atoms with Crippen molar-refractivity contribution in [3.8, 4) is 0 Å². The van der Waals surface area contributed by atoms with E-state index >= 15 is 0 Å². The van der Waals surface area contributed by atoms with Crippen LogP contribution in [0, 0.1) is 34.5 Å². The van der Waals surface area contributed by atoms with Crippen LogP contribution in [0.15, 0.2) is 188 Å². The van der Waals surface area contributed by atoms with Gasteiger partial charge >= 0.3 is 0 Å². The molecule has 0 radical (unpaired) electrons. The molecule has 0 saturated heterocycles. The van der Waals surface area contributed by atoms with Gasteiger partial charge in [-0.3, -0.25) is 0 Å². The molecule has 0 fully saturated rings. The van der Waals surface area contributed by atoms with Gasteiger partial charge in [-0.05, 0) is 131 Å². The lowest BCUT2D eigenvalue weighted by molar-refractivity contribution is 0.590. The van der Waals surface area contributed by atoms with Gasteiger partial charge in [-0.2, -0.15) is 0 Å². The molecular weight excluding hydrogens is 776 g/mol. The highest BCUT2D eigenvalue weighted by Gasteiger charge is 2.42. The van der Waals surface area contributed by atoms with Crippen LogP contribution in [0.25, 0.3) is 0 Å². The summed E-state index contributed by atoms with van der Waals surface area (Å²) in [4.78, 5) is 4.23. The molecule has 0 N–H and O–H groups in total. The minimum Gasteiger partial charge on any atom is -0.309 e. The van der Waals surface area contributed by atoms with E-state index in [1.807, 2.05) is 17.9 Å². The molecule has 0 unspecified atom stereocenters. The van der Waals surface area contributed by atoms with E-state index in [0.29, 0.717) is 22.1 Å².